The molecule has 0 saturated heterocycles. The SMILES string of the molecule is C=C(C)C1CC(O)C(C)(O)C(Cl)C1. The number of rotatable bonds is 1. The lowest BCUT2D eigenvalue weighted by atomic mass is 9.75. The molecule has 0 radical (unpaired) electrons. The van der Waals surface area contributed by atoms with Crippen LogP contribution in [0.2, 0.25) is 0 Å². The van der Waals surface area contributed by atoms with Crippen LogP contribution in [0.25, 0.3) is 0 Å². The van der Waals surface area contributed by atoms with E-state index in [9.17, 15) is 10.2 Å². The van der Waals surface area contributed by atoms with Crippen LogP contribution in [0.15, 0.2) is 12.2 Å². The number of aliphatic hydroxyl groups is 2. The van der Waals surface area contributed by atoms with Crippen LogP contribution in [0.1, 0.15) is 26.7 Å². The van der Waals surface area contributed by atoms with Crippen molar-refractivity contribution in [2.45, 2.75) is 43.8 Å². The van der Waals surface area contributed by atoms with Crippen molar-refractivity contribution >= 4 is 11.6 Å². The van der Waals surface area contributed by atoms with Crippen LogP contribution >= 0.6 is 11.6 Å². The molecule has 1 saturated carbocycles. The van der Waals surface area contributed by atoms with Gasteiger partial charge in [0.1, 0.15) is 5.60 Å². The average Bonchev–Trinajstić information content (AvgIpc) is 2.00. The minimum absolute atomic E-state index is 0.234. The summed E-state index contributed by atoms with van der Waals surface area (Å²) < 4.78 is 0. The van der Waals surface area contributed by atoms with Gasteiger partial charge in [-0.25, -0.2) is 0 Å². The van der Waals surface area contributed by atoms with Crippen molar-refractivity contribution in [2.75, 3.05) is 0 Å². The van der Waals surface area contributed by atoms with E-state index >= 15 is 0 Å². The zero-order valence-electron chi connectivity index (χ0n) is 8.13. The van der Waals surface area contributed by atoms with Gasteiger partial charge in [0, 0.05) is 0 Å². The Balaban J connectivity index is 2.73. The first-order valence-corrected chi connectivity index (χ1v) is 4.99. The summed E-state index contributed by atoms with van der Waals surface area (Å²) in [5.41, 5.74) is -0.131. The van der Waals surface area contributed by atoms with E-state index in [2.05, 4.69) is 6.58 Å². The zero-order chi connectivity index (χ0) is 10.2. The molecule has 4 unspecified atom stereocenters. The summed E-state index contributed by atoms with van der Waals surface area (Å²) in [6, 6.07) is 0. The molecule has 1 aliphatic carbocycles. The fraction of sp³-hybridized carbons (Fsp3) is 0.800. The van der Waals surface area contributed by atoms with Gasteiger partial charge in [0.15, 0.2) is 0 Å². The molecule has 2 nitrogen and oxygen atoms in total. The van der Waals surface area contributed by atoms with Crippen molar-refractivity contribution in [1.29, 1.82) is 0 Å². The van der Waals surface area contributed by atoms with Crippen molar-refractivity contribution in [3.05, 3.63) is 12.2 Å². The Morgan fingerprint density at radius 2 is 2.08 bits per heavy atom. The Kier molecular flexibility index (Phi) is 3.05. The fourth-order valence-corrected chi connectivity index (χ4v) is 2.06. The van der Waals surface area contributed by atoms with Crippen LogP contribution < -0.4 is 0 Å². The molecule has 0 aromatic rings. The predicted molar refractivity (Wildman–Crippen MR) is 53.8 cm³/mol. The summed E-state index contributed by atoms with van der Waals surface area (Å²) in [5.74, 6) is 0.234. The Bertz CT molecular complexity index is 199. The Morgan fingerprint density at radius 3 is 2.46 bits per heavy atom. The maximum Gasteiger partial charge on any atom is 0.104 e. The fourth-order valence-electron chi connectivity index (χ4n) is 1.70. The van der Waals surface area contributed by atoms with Crippen molar-refractivity contribution in [1.82, 2.24) is 0 Å². The number of alkyl halides is 1. The monoisotopic (exact) mass is 204 g/mol. The first kappa shape index (κ1) is 11.0. The molecule has 1 aliphatic rings. The number of hydrogen-bond acceptors (Lipinski definition) is 2. The minimum atomic E-state index is -1.16. The molecule has 1 rings (SSSR count). The molecule has 0 heterocycles. The van der Waals surface area contributed by atoms with Gasteiger partial charge in [0.2, 0.25) is 0 Å². The zero-order valence-corrected chi connectivity index (χ0v) is 8.88. The maximum absolute atomic E-state index is 9.80. The summed E-state index contributed by atoms with van der Waals surface area (Å²) in [5, 5.41) is 19.1. The second-order valence-electron chi connectivity index (χ2n) is 4.22. The van der Waals surface area contributed by atoms with Crippen LogP contribution in [-0.4, -0.2) is 27.3 Å². The summed E-state index contributed by atoms with van der Waals surface area (Å²) in [6.45, 7) is 7.36. The van der Waals surface area contributed by atoms with Crippen LogP contribution in [0.3, 0.4) is 0 Å². The summed E-state index contributed by atoms with van der Waals surface area (Å²) in [7, 11) is 0. The van der Waals surface area contributed by atoms with Gasteiger partial charge in [-0.2, -0.15) is 0 Å². The topological polar surface area (TPSA) is 40.5 Å². The van der Waals surface area contributed by atoms with Crippen molar-refractivity contribution in [2.24, 2.45) is 5.92 Å². The standard InChI is InChI=1S/C10H17ClO2/c1-6(2)7-4-8(11)10(3,13)9(12)5-7/h7-9,12-13H,1,4-5H2,2-3H3. The molecule has 2 N–H and O–H groups in total. The lowest BCUT2D eigenvalue weighted by Gasteiger charge is -2.41. The third kappa shape index (κ3) is 2.06. The van der Waals surface area contributed by atoms with Gasteiger partial charge in [-0.1, -0.05) is 12.2 Å². The number of allylic oxidation sites excluding steroid dienone is 1. The average molecular weight is 205 g/mol. The summed E-state index contributed by atoms with van der Waals surface area (Å²) in [4.78, 5) is 0. The van der Waals surface area contributed by atoms with Gasteiger partial charge in [-0.3, -0.25) is 0 Å². The van der Waals surface area contributed by atoms with Crippen LogP contribution in [0, 0.1) is 5.92 Å². The lowest BCUT2D eigenvalue weighted by molar-refractivity contribution is -0.0919. The normalized spacial score (nSPS) is 46.1. The number of aliphatic hydroxyl groups excluding tert-OH is 1. The first-order chi connectivity index (χ1) is 5.85. The Hall–Kier alpha value is -0.0500. The molecular weight excluding hydrogens is 188 g/mol. The highest BCUT2D eigenvalue weighted by molar-refractivity contribution is 6.21. The van der Waals surface area contributed by atoms with E-state index in [1.165, 1.54) is 0 Å². The Labute approximate surface area is 84.2 Å². The third-order valence-corrected chi connectivity index (χ3v) is 3.62. The van der Waals surface area contributed by atoms with E-state index in [1.807, 2.05) is 6.92 Å². The number of halogens is 1. The van der Waals surface area contributed by atoms with E-state index in [1.54, 1.807) is 6.92 Å². The van der Waals surface area contributed by atoms with Crippen molar-refractivity contribution < 1.29 is 10.2 Å². The van der Waals surface area contributed by atoms with Gasteiger partial charge in [-0.15, -0.1) is 11.6 Å². The highest BCUT2D eigenvalue weighted by atomic mass is 35.5. The summed E-state index contributed by atoms with van der Waals surface area (Å²) >= 11 is 5.99. The molecule has 0 bridgehead atoms. The minimum Gasteiger partial charge on any atom is -0.390 e. The van der Waals surface area contributed by atoms with Gasteiger partial charge in [-0.05, 0) is 32.6 Å². The second-order valence-corrected chi connectivity index (χ2v) is 4.75. The largest absolute Gasteiger partial charge is 0.390 e. The molecule has 3 heteroatoms. The smallest absolute Gasteiger partial charge is 0.104 e. The second kappa shape index (κ2) is 3.60. The van der Waals surface area contributed by atoms with Crippen molar-refractivity contribution in [3.8, 4) is 0 Å². The van der Waals surface area contributed by atoms with Gasteiger partial charge >= 0.3 is 0 Å². The van der Waals surface area contributed by atoms with E-state index in [-0.39, 0.29) is 5.92 Å². The molecular formula is C10H17ClO2. The van der Waals surface area contributed by atoms with Crippen LogP contribution in [0.4, 0.5) is 0 Å². The van der Waals surface area contributed by atoms with Gasteiger partial charge in [0.25, 0.3) is 0 Å². The first-order valence-electron chi connectivity index (χ1n) is 4.55. The van der Waals surface area contributed by atoms with E-state index < -0.39 is 17.1 Å². The predicted octanol–water partition coefficient (Wildman–Crippen LogP) is 1.69. The molecule has 1 fully saturated rings. The van der Waals surface area contributed by atoms with Crippen LogP contribution in [0.5, 0.6) is 0 Å². The molecule has 0 spiro atoms. The highest BCUT2D eigenvalue weighted by Crippen LogP contribution is 2.38. The molecule has 0 amide bonds. The van der Waals surface area contributed by atoms with E-state index in [4.69, 9.17) is 11.6 Å². The van der Waals surface area contributed by atoms with Crippen molar-refractivity contribution in [3.63, 3.8) is 0 Å². The highest BCUT2D eigenvalue weighted by Gasteiger charge is 2.44. The molecule has 0 aliphatic heterocycles. The summed E-state index contributed by atoms with van der Waals surface area (Å²) in [6.07, 6.45) is 0.511. The number of hydrogen-bond donors (Lipinski definition) is 2. The van der Waals surface area contributed by atoms with Gasteiger partial charge < -0.3 is 10.2 Å². The lowest BCUT2D eigenvalue weighted by Crippen LogP contribution is -2.52. The third-order valence-electron chi connectivity index (χ3n) is 3.00. The molecule has 13 heavy (non-hydrogen) atoms. The molecule has 4 atom stereocenters. The van der Waals surface area contributed by atoms with Crippen LogP contribution in [-0.2, 0) is 0 Å². The molecule has 76 valence electrons. The quantitative estimate of drug-likeness (QED) is 0.504. The van der Waals surface area contributed by atoms with E-state index in [0.29, 0.717) is 12.8 Å². The van der Waals surface area contributed by atoms with Gasteiger partial charge in [0.05, 0.1) is 11.5 Å². The van der Waals surface area contributed by atoms with E-state index in [0.717, 1.165) is 5.57 Å². The Morgan fingerprint density at radius 1 is 1.54 bits per heavy atom. The molecule has 0 aromatic heterocycles. The molecule has 0 aromatic carbocycles. The maximum atomic E-state index is 9.80.